The van der Waals surface area contributed by atoms with E-state index in [1.807, 2.05) is 6.07 Å². The first-order chi connectivity index (χ1) is 9.39. The van der Waals surface area contributed by atoms with Gasteiger partial charge < -0.3 is 10.1 Å². The van der Waals surface area contributed by atoms with Crippen LogP contribution in [-0.2, 0) is 11.3 Å². The average molecular weight is 273 g/mol. The van der Waals surface area contributed by atoms with Gasteiger partial charge in [-0.1, -0.05) is 0 Å². The van der Waals surface area contributed by atoms with Crippen molar-refractivity contribution < 1.29 is 14.3 Å². The van der Waals surface area contributed by atoms with Crippen LogP contribution in [0.2, 0.25) is 0 Å². The lowest BCUT2D eigenvalue weighted by molar-refractivity contribution is -0.130. The maximum atomic E-state index is 12.1. The third-order valence-corrected chi connectivity index (χ3v) is 3.18. The summed E-state index contributed by atoms with van der Waals surface area (Å²) in [6.07, 6.45) is 0. The van der Waals surface area contributed by atoms with Gasteiger partial charge in [-0.2, -0.15) is 5.26 Å². The Balaban J connectivity index is 2.33. The summed E-state index contributed by atoms with van der Waals surface area (Å²) in [7, 11) is 1.50. The Hall–Kier alpha value is -2.55. The third kappa shape index (κ3) is 2.30. The number of ether oxygens (including phenoxy) is 1. The Morgan fingerprint density at radius 3 is 2.60 bits per heavy atom. The lowest BCUT2D eigenvalue weighted by atomic mass is 10.1. The van der Waals surface area contributed by atoms with Crippen LogP contribution in [0.3, 0.4) is 0 Å². The first-order valence-corrected chi connectivity index (χ1v) is 6.10. The van der Waals surface area contributed by atoms with Crippen molar-refractivity contribution in [3.8, 4) is 11.8 Å². The highest BCUT2D eigenvalue weighted by Crippen LogP contribution is 2.25. The van der Waals surface area contributed by atoms with E-state index in [1.54, 1.807) is 32.0 Å². The van der Waals surface area contributed by atoms with Crippen molar-refractivity contribution in [2.45, 2.75) is 25.9 Å². The van der Waals surface area contributed by atoms with Crippen molar-refractivity contribution in [3.63, 3.8) is 0 Å². The Morgan fingerprint density at radius 2 is 2.10 bits per heavy atom. The van der Waals surface area contributed by atoms with Crippen molar-refractivity contribution >= 4 is 11.9 Å². The highest BCUT2D eigenvalue weighted by molar-refractivity contribution is 6.06. The van der Waals surface area contributed by atoms with Crippen molar-refractivity contribution in [2.75, 3.05) is 7.11 Å². The normalized spacial score (nSPS) is 16.8. The predicted octanol–water partition coefficient (Wildman–Crippen LogP) is 1.40. The molecule has 3 amide bonds. The number of urea groups is 1. The van der Waals surface area contributed by atoms with Crippen LogP contribution in [0.15, 0.2) is 18.2 Å². The first-order valence-electron chi connectivity index (χ1n) is 6.10. The van der Waals surface area contributed by atoms with Gasteiger partial charge in [-0.3, -0.25) is 9.69 Å². The molecule has 0 radical (unpaired) electrons. The summed E-state index contributed by atoms with van der Waals surface area (Å²) in [6, 6.07) is 6.47. The highest BCUT2D eigenvalue weighted by Gasteiger charge is 2.44. The monoisotopic (exact) mass is 273 g/mol. The standard InChI is InChI=1S/C14H15N3O3/c1-14(2)12(18)17(13(19)16-14)8-10-6-9(7-15)4-5-11(10)20-3/h4-6H,8H2,1-3H3,(H,16,19). The zero-order valence-corrected chi connectivity index (χ0v) is 11.6. The number of imide groups is 1. The fourth-order valence-electron chi connectivity index (χ4n) is 2.10. The molecule has 1 fully saturated rings. The number of methoxy groups -OCH3 is 1. The largest absolute Gasteiger partial charge is 0.496 e. The van der Waals surface area contributed by atoms with E-state index in [0.717, 1.165) is 4.90 Å². The van der Waals surface area contributed by atoms with Gasteiger partial charge in [-0.25, -0.2) is 4.79 Å². The third-order valence-electron chi connectivity index (χ3n) is 3.18. The topological polar surface area (TPSA) is 82.4 Å². The van der Waals surface area contributed by atoms with E-state index in [9.17, 15) is 9.59 Å². The summed E-state index contributed by atoms with van der Waals surface area (Å²) < 4.78 is 5.20. The van der Waals surface area contributed by atoms with Crippen LogP contribution < -0.4 is 10.1 Å². The number of amides is 3. The molecule has 0 spiro atoms. The van der Waals surface area contributed by atoms with Crippen molar-refractivity contribution in [1.29, 1.82) is 5.26 Å². The summed E-state index contributed by atoms with van der Waals surface area (Å²) in [5, 5.41) is 11.5. The van der Waals surface area contributed by atoms with E-state index in [1.165, 1.54) is 7.11 Å². The summed E-state index contributed by atoms with van der Waals surface area (Å²) in [5.41, 5.74) is 0.164. The fourth-order valence-corrected chi connectivity index (χ4v) is 2.10. The molecular weight excluding hydrogens is 258 g/mol. The lowest BCUT2D eigenvalue weighted by Crippen LogP contribution is -2.40. The zero-order valence-electron chi connectivity index (χ0n) is 11.6. The second-order valence-corrected chi connectivity index (χ2v) is 5.08. The predicted molar refractivity (Wildman–Crippen MR) is 70.9 cm³/mol. The smallest absolute Gasteiger partial charge is 0.325 e. The number of carbonyl (C=O) groups is 2. The van der Waals surface area contributed by atoms with Crippen LogP contribution in [0.5, 0.6) is 5.75 Å². The molecular formula is C14H15N3O3. The molecule has 0 saturated carbocycles. The van der Waals surface area contributed by atoms with Crippen molar-refractivity contribution in [1.82, 2.24) is 10.2 Å². The van der Waals surface area contributed by atoms with E-state index in [2.05, 4.69) is 5.32 Å². The molecule has 6 nitrogen and oxygen atoms in total. The molecule has 0 bridgehead atoms. The minimum absolute atomic E-state index is 0.0762. The molecule has 6 heteroatoms. The molecule has 1 aromatic carbocycles. The molecule has 104 valence electrons. The Labute approximate surface area is 116 Å². The fraction of sp³-hybridized carbons (Fsp3) is 0.357. The van der Waals surface area contributed by atoms with Gasteiger partial charge in [0.25, 0.3) is 5.91 Å². The number of benzene rings is 1. The van der Waals surface area contributed by atoms with E-state index in [0.29, 0.717) is 16.9 Å². The van der Waals surface area contributed by atoms with Crippen LogP contribution in [0, 0.1) is 11.3 Å². The molecule has 1 aromatic rings. The van der Waals surface area contributed by atoms with E-state index >= 15 is 0 Å². The molecule has 20 heavy (non-hydrogen) atoms. The Morgan fingerprint density at radius 1 is 1.40 bits per heavy atom. The van der Waals surface area contributed by atoms with Gasteiger partial charge in [0.05, 0.1) is 25.3 Å². The van der Waals surface area contributed by atoms with Crippen LogP contribution in [-0.4, -0.2) is 29.5 Å². The number of hydrogen-bond acceptors (Lipinski definition) is 4. The molecule has 0 atom stereocenters. The molecule has 1 N–H and O–H groups in total. The van der Waals surface area contributed by atoms with Gasteiger partial charge >= 0.3 is 6.03 Å². The van der Waals surface area contributed by atoms with Gasteiger partial charge in [0.2, 0.25) is 0 Å². The number of rotatable bonds is 3. The summed E-state index contributed by atoms with van der Waals surface area (Å²) >= 11 is 0. The molecule has 0 unspecified atom stereocenters. The highest BCUT2D eigenvalue weighted by atomic mass is 16.5. The molecule has 1 aliphatic rings. The molecule has 2 rings (SSSR count). The quantitative estimate of drug-likeness (QED) is 0.844. The first kappa shape index (κ1) is 13.9. The average Bonchev–Trinajstić information content (AvgIpc) is 2.60. The minimum atomic E-state index is -0.906. The van der Waals surface area contributed by atoms with Crippen LogP contribution in [0.1, 0.15) is 25.0 Å². The molecule has 1 saturated heterocycles. The van der Waals surface area contributed by atoms with E-state index < -0.39 is 11.6 Å². The van der Waals surface area contributed by atoms with E-state index in [4.69, 9.17) is 10.00 Å². The number of nitriles is 1. The van der Waals surface area contributed by atoms with Crippen LogP contribution in [0.4, 0.5) is 4.79 Å². The lowest BCUT2D eigenvalue weighted by Gasteiger charge is -2.17. The van der Waals surface area contributed by atoms with Gasteiger partial charge in [-0.15, -0.1) is 0 Å². The number of nitrogens with one attached hydrogen (secondary N) is 1. The SMILES string of the molecule is COc1ccc(C#N)cc1CN1C(=O)NC(C)(C)C1=O. The maximum absolute atomic E-state index is 12.1. The molecule has 0 aromatic heterocycles. The second kappa shape index (κ2) is 4.85. The van der Waals surface area contributed by atoms with Crippen LogP contribution in [0.25, 0.3) is 0 Å². The van der Waals surface area contributed by atoms with Crippen molar-refractivity contribution in [2.24, 2.45) is 0 Å². The zero-order chi connectivity index (χ0) is 14.9. The van der Waals surface area contributed by atoms with E-state index in [-0.39, 0.29) is 12.5 Å². The summed E-state index contributed by atoms with van der Waals surface area (Å²) in [5.74, 6) is 0.237. The Bertz CT molecular complexity index is 617. The van der Waals surface area contributed by atoms with Gasteiger partial charge in [0, 0.05) is 5.56 Å². The second-order valence-electron chi connectivity index (χ2n) is 5.08. The molecule has 1 aliphatic heterocycles. The van der Waals surface area contributed by atoms with Crippen molar-refractivity contribution in [3.05, 3.63) is 29.3 Å². The molecule has 0 aliphatic carbocycles. The van der Waals surface area contributed by atoms with Gasteiger partial charge in [0.15, 0.2) is 0 Å². The van der Waals surface area contributed by atoms with Crippen LogP contribution >= 0.6 is 0 Å². The molecule has 1 heterocycles. The number of hydrogen-bond donors (Lipinski definition) is 1. The Kier molecular flexibility index (Phi) is 3.36. The summed E-state index contributed by atoms with van der Waals surface area (Å²) in [4.78, 5) is 25.1. The minimum Gasteiger partial charge on any atom is -0.496 e. The van der Waals surface area contributed by atoms with Gasteiger partial charge in [-0.05, 0) is 32.0 Å². The number of nitrogens with zero attached hydrogens (tertiary/aromatic N) is 2. The van der Waals surface area contributed by atoms with Gasteiger partial charge in [0.1, 0.15) is 11.3 Å². The maximum Gasteiger partial charge on any atom is 0.325 e. The summed E-state index contributed by atoms with van der Waals surface area (Å²) in [6.45, 7) is 3.37. The number of carbonyl (C=O) groups excluding carboxylic acids is 2.